The molecule has 0 bridgehead atoms. The molecule has 18 heavy (non-hydrogen) atoms. The summed E-state index contributed by atoms with van der Waals surface area (Å²) in [6.45, 7) is 1.96. The van der Waals surface area contributed by atoms with Crippen LogP contribution in [0.2, 0.25) is 0 Å². The highest BCUT2D eigenvalue weighted by molar-refractivity contribution is 4.98. The van der Waals surface area contributed by atoms with Gasteiger partial charge in [0.2, 0.25) is 0 Å². The van der Waals surface area contributed by atoms with Crippen LogP contribution in [0.3, 0.4) is 0 Å². The lowest BCUT2D eigenvalue weighted by Crippen LogP contribution is -2.31. The lowest BCUT2D eigenvalue weighted by molar-refractivity contribution is -0.0350. The molecule has 1 saturated heterocycles. The minimum atomic E-state index is 0.271. The molecule has 1 aliphatic heterocycles. The van der Waals surface area contributed by atoms with Crippen molar-refractivity contribution in [3.8, 4) is 0 Å². The topological polar surface area (TPSA) is 34.4 Å². The van der Waals surface area contributed by atoms with E-state index in [4.69, 9.17) is 9.15 Å². The Morgan fingerprint density at radius 3 is 2.94 bits per heavy atom. The van der Waals surface area contributed by atoms with Gasteiger partial charge in [0.15, 0.2) is 0 Å². The Bertz CT molecular complexity index is 355. The number of rotatable bonds is 5. The summed E-state index contributed by atoms with van der Waals surface area (Å²) < 4.78 is 11.6. The number of ether oxygens (including phenoxy) is 1. The van der Waals surface area contributed by atoms with Crippen molar-refractivity contribution < 1.29 is 9.15 Å². The van der Waals surface area contributed by atoms with E-state index in [2.05, 4.69) is 5.32 Å². The van der Waals surface area contributed by atoms with Gasteiger partial charge in [-0.2, -0.15) is 0 Å². The third kappa shape index (κ3) is 2.78. The highest BCUT2D eigenvalue weighted by Crippen LogP contribution is 2.43. The molecule has 1 aromatic heterocycles. The molecule has 0 amide bonds. The molecule has 100 valence electrons. The van der Waals surface area contributed by atoms with Gasteiger partial charge in [0.05, 0.1) is 18.0 Å². The Balaban J connectivity index is 1.34. The first-order valence-corrected chi connectivity index (χ1v) is 7.27. The molecule has 3 nitrogen and oxygen atoms in total. The van der Waals surface area contributed by atoms with Crippen LogP contribution in [0.4, 0.5) is 0 Å². The molecule has 2 fully saturated rings. The van der Waals surface area contributed by atoms with Gasteiger partial charge in [-0.1, -0.05) is 12.8 Å². The zero-order valence-electron chi connectivity index (χ0n) is 11.0. The van der Waals surface area contributed by atoms with Gasteiger partial charge in [0, 0.05) is 19.5 Å². The summed E-state index contributed by atoms with van der Waals surface area (Å²) in [5.74, 6) is 1.06. The summed E-state index contributed by atoms with van der Waals surface area (Å²) in [6.07, 6.45) is 10.9. The summed E-state index contributed by atoms with van der Waals surface area (Å²) in [5.41, 5.74) is 0.271. The van der Waals surface area contributed by atoms with E-state index in [1.54, 1.807) is 6.26 Å². The van der Waals surface area contributed by atoms with E-state index in [1.165, 1.54) is 38.5 Å². The van der Waals surface area contributed by atoms with Crippen LogP contribution in [0, 0.1) is 0 Å². The van der Waals surface area contributed by atoms with E-state index in [0.29, 0.717) is 6.10 Å². The molecule has 0 radical (unpaired) electrons. The van der Waals surface area contributed by atoms with Gasteiger partial charge in [-0.15, -0.1) is 0 Å². The maximum Gasteiger partial charge on any atom is 0.105 e. The lowest BCUT2D eigenvalue weighted by atomic mass is 9.98. The van der Waals surface area contributed by atoms with E-state index < -0.39 is 0 Å². The lowest BCUT2D eigenvalue weighted by Gasteiger charge is -2.23. The molecule has 1 spiro atoms. The summed E-state index contributed by atoms with van der Waals surface area (Å²) in [7, 11) is 0. The fourth-order valence-corrected chi connectivity index (χ4v) is 3.36. The molecule has 1 aliphatic carbocycles. The number of nitrogens with one attached hydrogen (secondary N) is 1. The predicted octanol–water partition coefficient (Wildman–Crippen LogP) is 2.90. The Morgan fingerprint density at radius 2 is 2.17 bits per heavy atom. The monoisotopic (exact) mass is 249 g/mol. The zero-order chi connectivity index (χ0) is 12.3. The van der Waals surface area contributed by atoms with Crippen LogP contribution in [0.25, 0.3) is 0 Å². The average molecular weight is 249 g/mol. The van der Waals surface area contributed by atoms with Crippen LogP contribution >= 0.6 is 0 Å². The molecule has 1 unspecified atom stereocenters. The molecule has 3 rings (SSSR count). The number of hydrogen-bond donors (Lipinski definition) is 1. The van der Waals surface area contributed by atoms with Gasteiger partial charge in [0.25, 0.3) is 0 Å². The van der Waals surface area contributed by atoms with Gasteiger partial charge < -0.3 is 14.5 Å². The third-order valence-corrected chi connectivity index (χ3v) is 4.35. The van der Waals surface area contributed by atoms with E-state index >= 15 is 0 Å². The molecule has 2 heterocycles. The summed E-state index contributed by atoms with van der Waals surface area (Å²) in [6, 6.07) is 3.97. The van der Waals surface area contributed by atoms with Crippen molar-refractivity contribution in [2.45, 2.75) is 56.7 Å². The minimum absolute atomic E-state index is 0.271. The van der Waals surface area contributed by atoms with Crippen LogP contribution < -0.4 is 5.32 Å². The van der Waals surface area contributed by atoms with Crippen molar-refractivity contribution >= 4 is 0 Å². The molecular formula is C15H23NO2. The van der Waals surface area contributed by atoms with Crippen molar-refractivity contribution in [2.75, 3.05) is 13.1 Å². The second kappa shape index (κ2) is 5.45. The molecule has 1 aromatic rings. The van der Waals surface area contributed by atoms with Crippen molar-refractivity contribution in [1.82, 2.24) is 5.32 Å². The second-order valence-corrected chi connectivity index (χ2v) is 5.70. The molecule has 0 aromatic carbocycles. The minimum Gasteiger partial charge on any atom is -0.469 e. The van der Waals surface area contributed by atoms with E-state index in [1.807, 2.05) is 12.1 Å². The molecule has 1 atom stereocenters. The van der Waals surface area contributed by atoms with E-state index in [0.717, 1.165) is 25.3 Å². The van der Waals surface area contributed by atoms with Crippen LogP contribution in [0.1, 0.15) is 44.3 Å². The zero-order valence-corrected chi connectivity index (χ0v) is 11.0. The summed E-state index contributed by atoms with van der Waals surface area (Å²) in [4.78, 5) is 0. The largest absolute Gasteiger partial charge is 0.469 e. The maximum atomic E-state index is 6.26. The average Bonchev–Trinajstić information content (AvgIpc) is 3.10. The van der Waals surface area contributed by atoms with Gasteiger partial charge in [0.1, 0.15) is 5.76 Å². The van der Waals surface area contributed by atoms with Gasteiger partial charge in [-0.3, -0.25) is 0 Å². The SMILES string of the molecule is c1coc(CCNCC2CCC3(CCCC3)O2)c1. The second-order valence-electron chi connectivity index (χ2n) is 5.70. The highest BCUT2D eigenvalue weighted by Gasteiger charge is 2.41. The quantitative estimate of drug-likeness (QED) is 0.815. The Morgan fingerprint density at radius 1 is 1.28 bits per heavy atom. The highest BCUT2D eigenvalue weighted by atomic mass is 16.5. The van der Waals surface area contributed by atoms with Crippen molar-refractivity contribution in [3.05, 3.63) is 24.2 Å². The summed E-state index contributed by atoms with van der Waals surface area (Å²) in [5, 5.41) is 3.49. The van der Waals surface area contributed by atoms with Gasteiger partial charge in [-0.05, 0) is 37.8 Å². The van der Waals surface area contributed by atoms with Gasteiger partial charge >= 0.3 is 0 Å². The normalized spacial score (nSPS) is 26.1. The fourth-order valence-electron chi connectivity index (χ4n) is 3.36. The summed E-state index contributed by atoms with van der Waals surface area (Å²) >= 11 is 0. The first-order valence-electron chi connectivity index (χ1n) is 7.27. The smallest absolute Gasteiger partial charge is 0.105 e. The molecule has 1 saturated carbocycles. The van der Waals surface area contributed by atoms with Crippen LogP contribution in [0.5, 0.6) is 0 Å². The Hall–Kier alpha value is -0.800. The van der Waals surface area contributed by atoms with Crippen LogP contribution in [0.15, 0.2) is 22.8 Å². The maximum absolute atomic E-state index is 6.26. The van der Waals surface area contributed by atoms with Crippen molar-refractivity contribution in [2.24, 2.45) is 0 Å². The molecule has 1 N–H and O–H groups in total. The van der Waals surface area contributed by atoms with Crippen molar-refractivity contribution in [3.63, 3.8) is 0 Å². The van der Waals surface area contributed by atoms with Gasteiger partial charge in [-0.25, -0.2) is 0 Å². The molecular weight excluding hydrogens is 226 g/mol. The first-order chi connectivity index (χ1) is 8.86. The standard InChI is InChI=1S/C15H23NO2/c1-2-8-15(7-1)9-5-14(18-15)12-16-10-6-13-4-3-11-17-13/h3-4,11,14,16H,1-2,5-10,12H2. The molecule has 2 aliphatic rings. The Labute approximate surface area is 109 Å². The fraction of sp³-hybridized carbons (Fsp3) is 0.733. The third-order valence-electron chi connectivity index (χ3n) is 4.35. The van der Waals surface area contributed by atoms with Crippen LogP contribution in [-0.4, -0.2) is 24.8 Å². The van der Waals surface area contributed by atoms with Crippen molar-refractivity contribution in [1.29, 1.82) is 0 Å². The van der Waals surface area contributed by atoms with E-state index in [-0.39, 0.29) is 5.60 Å². The number of furan rings is 1. The number of hydrogen-bond acceptors (Lipinski definition) is 3. The van der Waals surface area contributed by atoms with E-state index in [9.17, 15) is 0 Å². The molecule has 3 heteroatoms. The van der Waals surface area contributed by atoms with Crippen LogP contribution in [-0.2, 0) is 11.2 Å². The predicted molar refractivity (Wildman–Crippen MR) is 70.6 cm³/mol. The first kappa shape index (κ1) is 12.2. The Kier molecular flexibility index (Phi) is 3.71.